The van der Waals surface area contributed by atoms with Crippen molar-refractivity contribution in [3.05, 3.63) is 24.3 Å². The van der Waals surface area contributed by atoms with E-state index in [2.05, 4.69) is 21.8 Å². The minimum atomic E-state index is -0.684. The van der Waals surface area contributed by atoms with E-state index in [4.69, 9.17) is 0 Å². The molecule has 0 bridgehead atoms. The number of likely N-dealkylation sites (tertiary alicyclic amines) is 1. The summed E-state index contributed by atoms with van der Waals surface area (Å²) in [4.78, 5) is 22.2. The summed E-state index contributed by atoms with van der Waals surface area (Å²) in [6.45, 7) is 7.41. The number of rotatable bonds is 4. The molecule has 19 heavy (non-hydrogen) atoms. The van der Waals surface area contributed by atoms with Crippen molar-refractivity contribution >= 4 is 5.97 Å². The van der Waals surface area contributed by atoms with E-state index in [0.717, 1.165) is 12.2 Å². The van der Waals surface area contributed by atoms with E-state index in [1.807, 2.05) is 13.8 Å². The van der Waals surface area contributed by atoms with Crippen LogP contribution in [0.4, 0.5) is 0 Å². The number of carboxylic acids is 1. The molecule has 2 atom stereocenters. The van der Waals surface area contributed by atoms with Crippen LogP contribution >= 0.6 is 0 Å². The van der Waals surface area contributed by atoms with E-state index in [1.165, 1.54) is 0 Å². The maximum atomic E-state index is 11.6. The maximum absolute atomic E-state index is 11.6. The van der Waals surface area contributed by atoms with Crippen molar-refractivity contribution in [1.82, 2.24) is 14.9 Å². The SMILES string of the molecule is CC(c1cnccn1)N1CCC(C(=O)O)(C(C)C)C1. The third-order valence-corrected chi connectivity index (χ3v) is 4.42. The Hall–Kier alpha value is -1.49. The highest BCUT2D eigenvalue weighted by Gasteiger charge is 2.48. The number of aromatic nitrogens is 2. The molecule has 1 aromatic heterocycles. The molecule has 0 saturated carbocycles. The van der Waals surface area contributed by atoms with Gasteiger partial charge in [0.25, 0.3) is 0 Å². The van der Waals surface area contributed by atoms with Crippen molar-refractivity contribution in [2.75, 3.05) is 13.1 Å². The van der Waals surface area contributed by atoms with Gasteiger partial charge in [-0.1, -0.05) is 13.8 Å². The van der Waals surface area contributed by atoms with Gasteiger partial charge in [-0.2, -0.15) is 0 Å². The Morgan fingerprint density at radius 3 is 2.63 bits per heavy atom. The topological polar surface area (TPSA) is 66.3 Å². The third-order valence-electron chi connectivity index (χ3n) is 4.42. The Labute approximate surface area is 113 Å². The van der Waals surface area contributed by atoms with E-state index in [-0.39, 0.29) is 12.0 Å². The van der Waals surface area contributed by atoms with Gasteiger partial charge in [-0.25, -0.2) is 0 Å². The summed E-state index contributed by atoms with van der Waals surface area (Å²) in [7, 11) is 0. The normalized spacial score (nSPS) is 25.7. The predicted molar refractivity (Wildman–Crippen MR) is 71.5 cm³/mol. The summed E-state index contributed by atoms with van der Waals surface area (Å²) < 4.78 is 0. The predicted octanol–water partition coefficient (Wildman–Crippen LogP) is 1.97. The summed E-state index contributed by atoms with van der Waals surface area (Å²) in [5.41, 5.74) is 0.267. The van der Waals surface area contributed by atoms with Gasteiger partial charge in [0.1, 0.15) is 0 Å². The molecule has 1 N–H and O–H groups in total. The number of nitrogens with zero attached hydrogens (tertiary/aromatic N) is 3. The average molecular weight is 263 g/mol. The summed E-state index contributed by atoms with van der Waals surface area (Å²) in [5, 5.41) is 9.55. The lowest BCUT2D eigenvalue weighted by molar-refractivity contribution is -0.151. The average Bonchev–Trinajstić information content (AvgIpc) is 2.85. The van der Waals surface area contributed by atoms with Crippen LogP contribution in [0.15, 0.2) is 18.6 Å². The molecule has 0 radical (unpaired) electrons. The smallest absolute Gasteiger partial charge is 0.311 e. The van der Waals surface area contributed by atoms with Gasteiger partial charge in [-0.05, 0) is 25.8 Å². The van der Waals surface area contributed by atoms with Gasteiger partial charge in [-0.15, -0.1) is 0 Å². The molecule has 2 heterocycles. The molecule has 1 aliphatic rings. The molecule has 104 valence electrons. The van der Waals surface area contributed by atoms with Crippen molar-refractivity contribution in [1.29, 1.82) is 0 Å². The molecule has 0 aliphatic carbocycles. The van der Waals surface area contributed by atoms with Crippen molar-refractivity contribution in [2.24, 2.45) is 11.3 Å². The molecule has 1 fully saturated rings. The van der Waals surface area contributed by atoms with Crippen LogP contribution in [0.25, 0.3) is 0 Å². The lowest BCUT2D eigenvalue weighted by atomic mass is 9.76. The monoisotopic (exact) mass is 263 g/mol. The number of aliphatic carboxylic acids is 1. The van der Waals surface area contributed by atoms with Crippen LogP contribution < -0.4 is 0 Å². The van der Waals surface area contributed by atoms with Crippen LogP contribution in [0.2, 0.25) is 0 Å². The van der Waals surface area contributed by atoms with E-state index < -0.39 is 11.4 Å². The molecule has 2 unspecified atom stereocenters. The minimum absolute atomic E-state index is 0.105. The first-order chi connectivity index (χ1) is 8.97. The van der Waals surface area contributed by atoms with Crippen molar-refractivity contribution in [3.8, 4) is 0 Å². The molecule has 1 aliphatic heterocycles. The fraction of sp³-hybridized carbons (Fsp3) is 0.643. The zero-order chi connectivity index (χ0) is 14.0. The largest absolute Gasteiger partial charge is 0.481 e. The third kappa shape index (κ3) is 2.47. The highest BCUT2D eigenvalue weighted by Crippen LogP contribution is 2.40. The Morgan fingerprint density at radius 1 is 1.42 bits per heavy atom. The van der Waals surface area contributed by atoms with E-state index in [0.29, 0.717) is 13.0 Å². The van der Waals surface area contributed by atoms with Crippen LogP contribution in [-0.2, 0) is 4.79 Å². The molecule has 0 amide bonds. The van der Waals surface area contributed by atoms with E-state index in [9.17, 15) is 9.90 Å². The lowest BCUT2D eigenvalue weighted by Gasteiger charge is -2.30. The number of hydrogen-bond donors (Lipinski definition) is 1. The van der Waals surface area contributed by atoms with Crippen molar-refractivity contribution < 1.29 is 9.90 Å². The van der Waals surface area contributed by atoms with Gasteiger partial charge in [-0.3, -0.25) is 19.7 Å². The summed E-state index contributed by atoms with van der Waals surface area (Å²) in [5.74, 6) is -0.555. The second-order valence-corrected chi connectivity index (χ2v) is 5.64. The number of carboxylic acid groups (broad SMARTS) is 1. The minimum Gasteiger partial charge on any atom is -0.481 e. The van der Waals surface area contributed by atoms with Crippen molar-refractivity contribution in [3.63, 3.8) is 0 Å². The van der Waals surface area contributed by atoms with Crippen LogP contribution in [-0.4, -0.2) is 39.0 Å². The van der Waals surface area contributed by atoms with E-state index in [1.54, 1.807) is 18.6 Å². The maximum Gasteiger partial charge on any atom is 0.311 e. The van der Waals surface area contributed by atoms with E-state index >= 15 is 0 Å². The molecule has 5 nitrogen and oxygen atoms in total. The molecule has 0 aromatic carbocycles. The number of hydrogen-bond acceptors (Lipinski definition) is 4. The number of carbonyl (C=O) groups is 1. The fourth-order valence-electron chi connectivity index (χ4n) is 2.80. The summed E-state index contributed by atoms with van der Waals surface area (Å²) >= 11 is 0. The molecule has 1 aromatic rings. The first-order valence-electron chi connectivity index (χ1n) is 6.71. The first-order valence-corrected chi connectivity index (χ1v) is 6.71. The van der Waals surface area contributed by atoms with Gasteiger partial charge in [0, 0.05) is 25.1 Å². The second kappa shape index (κ2) is 5.25. The van der Waals surface area contributed by atoms with Crippen LogP contribution in [0, 0.1) is 11.3 Å². The first kappa shape index (κ1) is 13.9. The lowest BCUT2D eigenvalue weighted by Crippen LogP contribution is -2.39. The second-order valence-electron chi connectivity index (χ2n) is 5.64. The quantitative estimate of drug-likeness (QED) is 0.899. The van der Waals surface area contributed by atoms with Gasteiger partial charge in [0.05, 0.1) is 17.2 Å². The van der Waals surface area contributed by atoms with Gasteiger partial charge >= 0.3 is 5.97 Å². The Balaban J connectivity index is 2.16. The Bertz CT molecular complexity index is 449. The summed E-state index contributed by atoms with van der Waals surface area (Å²) in [6.07, 6.45) is 5.77. The highest BCUT2D eigenvalue weighted by molar-refractivity contribution is 5.75. The molecule has 1 saturated heterocycles. The molecular weight excluding hydrogens is 242 g/mol. The van der Waals surface area contributed by atoms with Crippen LogP contribution in [0.1, 0.15) is 38.9 Å². The molecule has 5 heteroatoms. The zero-order valence-corrected chi connectivity index (χ0v) is 11.7. The molecule has 0 spiro atoms. The van der Waals surface area contributed by atoms with Gasteiger partial charge in [0.15, 0.2) is 0 Å². The van der Waals surface area contributed by atoms with Crippen LogP contribution in [0.3, 0.4) is 0 Å². The summed E-state index contributed by atoms with van der Waals surface area (Å²) in [6, 6.07) is 0.105. The standard InChI is InChI=1S/C14H21N3O2/c1-10(2)14(13(18)19)4-7-17(9-14)11(3)12-8-15-5-6-16-12/h5-6,8,10-11H,4,7,9H2,1-3H3,(H,18,19). The van der Waals surface area contributed by atoms with Gasteiger partial charge in [0.2, 0.25) is 0 Å². The Kier molecular flexibility index (Phi) is 3.85. The Morgan fingerprint density at radius 2 is 2.16 bits per heavy atom. The van der Waals surface area contributed by atoms with Crippen LogP contribution in [0.5, 0.6) is 0 Å². The van der Waals surface area contributed by atoms with Gasteiger partial charge < -0.3 is 5.11 Å². The van der Waals surface area contributed by atoms with Crippen molar-refractivity contribution in [2.45, 2.75) is 33.2 Å². The fourth-order valence-corrected chi connectivity index (χ4v) is 2.80. The highest BCUT2D eigenvalue weighted by atomic mass is 16.4. The zero-order valence-electron chi connectivity index (χ0n) is 11.7. The molecule has 2 rings (SSSR count). The molecular formula is C14H21N3O2.